The van der Waals surface area contributed by atoms with Crippen molar-refractivity contribution in [2.24, 2.45) is 0 Å². The molecule has 2 N–H and O–H groups in total. The van der Waals surface area contributed by atoms with Crippen LogP contribution in [0.3, 0.4) is 0 Å². The average molecular weight is 274 g/mol. The van der Waals surface area contributed by atoms with Crippen molar-refractivity contribution in [3.05, 3.63) is 30.1 Å². The number of hydrogen-bond donors (Lipinski definition) is 2. The Bertz CT molecular complexity index is 629. The van der Waals surface area contributed by atoms with Gasteiger partial charge in [0.05, 0.1) is 0 Å². The third kappa shape index (κ3) is 2.34. The molecule has 0 atom stereocenters. The molecular weight excluding hydrogens is 256 g/mol. The molecule has 6 nitrogen and oxygen atoms in total. The van der Waals surface area contributed by atoms with Gasteiger partial charge >= 0.3 is 5.97 Å². The van der Waals surface area contributed by atoms with Gasteiger partial charge in [-0.25, -0.2) is 9.78 Å². The topological polar surface area (TPSA) is 69.9 Å². The molecule has 20 heavy (non-hydrogen) atoms. The molecule has 0 unspecified atom stereocenters. The summed E-state index contributed by atoms with van der Waals surface area (Å²) in [5, 5.41) is 12.7. The van der Waals surface area contributed by atoms with Crippen molar-refractivity contribution < 1.29 is 9.90 Å². The Hall–Kier alpha value is -2.08. The van der Waals surface area contributed by atoms with Crippen molar-refractivity contribution in [2.75, 3.05) is 25.5 Å². The second-order valence-corrected chi connectivity index (χ2v) is 5.26. The number of aromatic carboxylic acids is 1. The van der Waals surface area contributed by atoms with E-state index in [1.54, 1.807) is 16.7 Å². The van der Waals surface area contributed by atoms with E-state index in [2.05, 4.69) is 22.2 Å². The summed E-state index contributed by atoms with van der Waals surface area (Å²) in [5.74, 6) is -0.489. The van der Waals surface area contributed by atoms with Crippen LogP contribution in [0.2, 0.25) is 0 Å². The van der Waals surface area contributed by atoms with Gasteiger partial charge in [-0.2, -0.15) is 0 Å². The van der Waals surface area contributed by atoms with Gasteiger partial charge < -0.3 is 15.3 Å². The van der Waals surface area contributed by atoms with Crippen LogP contribution in [0, 0.1) is 0 Å². The number of pyridine rings is 1. The SMILES string of the molecule is CN1CCC(Nc2nc3ccccn3c2C(=O)O)CC1. The van der Waals surface area contributed by atoms with Gasteiger partial charge in [0, 0.05) is 12.2 Å². The maximum atomic E-state index is 11.5. The van der Waals surface area contributed by atoms with Gasteiger partial charge in [0.25, 0.3) is 0 Å². The number of hydrogen-bond acceptors (Lipinski definition) is 4. The van der Waals surface area contributed by atoms with Crippen molar-refractivity contribution in [1.29, 1.82) is 0 Å². The largest absolute Gasteiger partial charge is 0.476 e. The van der Waals surface area contributed by atoms with Crippen LogP contribution in [0.5, 0.6) is 0 Å². The van der Waals surface area contributed by atoms with Crippen molar-refractivity contribution in [3.8, 4) is 0 Å². The smallest absolute Gasteiger partial charge is 0.356 e. The lowest BCUT2D eigenvalue weighted by atomic mass is 10.1. The molecule has 6 heteroatoms. The number of nitrogens with one attached hydrogen (secondary N) is 1. The first-order chi connectivity index (χ1) is 9.65. The van der Waals surface area contributed by atoms with Crippen LogP contribution in [0.1, 0.15) is 23.3 Å². The summed E-state index contributed by atoms with van der Waals surface area (Å²) in [6, 6.07) is 5.76. The zero-order valence-corrected chi connectivity index (χ0v) is 11.4. The Morgan fingerprint density at radius 2 is 2.15 bits per heavy atom. The summed E-state index contributed by atoms with van der Waals surface area (Å²) in [6.45, 7) is 2.04. The number of rotatable bonds is 3. The van der Waals surface area contributed by atoms with Crippen LogP contribution in [-0.2, 0) is 0 Å². The lowest BCUT2D eigenvalue weighted by molar-refractivity contribution is 0.0690. The van der Waals surface area contributed by atoms with Crippen molar-refractivity contribution in [3.63, 3.8) is 0 Å². The maximum Gasteiger partial charge on any atom is 0.356 e. The highest BCUT2D eigenvalue weighted by Crippen LogP contribution is 2.21. The highest BCUT2D eigenvalue weighted by atomic mass is 16.4. The van der Waals surface area contributed by atoms with Gasteiger partial charge in [0.15, 0.2) is 11.5 Å². The molecule has 2 aromatic rings. The number of anilines is 1. The van der Waals surface area contributed by atoms with Crippen LogP contribution in [0.4, 0.5) is 5.82 Å². The van der Waals surface area contributed by atoms with Crippen LogP contribution >= 0.6 is 0 Å². The number of aromatic nitrogens is 2. The lowest BCUT2D eigenvalue weighted by Gasteiger charge is -2.29. The molecule has 0 bridgehead atoms. The zero-order valence-electron chi connectivity index (χ0n) is 11.4. The molecule has 0 aliphatic carbocycles. The Morgan fingerprint density at radius 3 is 2.85 bits per heavy atom. The van der Waals surface area contributed by atoms with E-state index in [1.165, 1.54) is 0 Å². The first-order valence-electron chi connectivity index (χ1n) is 6.80. The quantitative estimate of drug-likeness (QED) is 0.888. The molecule has 1 aliphatic rings. The van der Waals surface area contributed by atoms with E-state index in [-0.39, 0.29) is 11.7 Å². The van der Waals surface area contributed by atoms with Crippen molar-refractivity contribution in [2.45, 2.75) is 18.9 Å². The fourth-order valence-electron chi connectivity index (χ4n) is 2.65. The number of piperidine rings is 1. The van der Waals surface area contributed by atoms with E-state index < -0.39 is 5.97 Å². The molecule has 3 rings (SSSR count). The van der Waals surface area contributed by atoms with E-state index >= 15 is 0 Å². The highest BCUT2D eigenvalue weighted by molar-refractivity contribution is 5.93. The summed E-state index contributed by atoms with van der Waals surface area (Å²) in [7, 11) is 2.10. The minimum absolute atomic E-state index is 0.208. The van der Waals surface area contributed by atoms with Crippen molar-refractivity contribution in [1.82, 2.24) is 14.3 Å². The fourth-order valence-corrected chi connectivity index (χ4v) is 2.65. The molecule has 0 radical (unpaired) electrons. The maximum absolute atomic E-state index is 11.5. The van der Waals surface area contributed by atoms with Gasteiger partial charge in [-0.3, -0.25) is 4.40 Å². The van der Waals surface area contributed by atoms with Gasteiger partial charge in [0.1, 0.15) is 5.65 Å². The second kappa shape index (κ2) is 5.13. The molecule has 1 saturated heterocycles. The predicted octanol–water partition coefficient (Wildman–Crippen LogP) is 1.54. The Morgan fingerprint density at radius 1 is 1.40 bits per heavy atom. The van der Waals surface area contributed by atoms with Crippen LogP contribution < -0.4 is 5.32 Å². The van der Waals surface area contributed by atoms with E-state index in [9.17, 15) is 9.90 Å². The Labute approximate surface area is 117 Å². The molecule has 0 saturated carbocycles. The summed E-state index contributed by atoms with van der Waals surface area (Å²) in [5.41, 5.74) is 0.861. The zero-order chi connectivity index (χ0) is 14.1. The molecule has 0 aromatic carbocycles. The molecule has 1 fully saturated rings. The third-order valence-corrected chi connectivity index (χ3v) is 3.79. The summed E-state index contributed by atoms with van der Waals surface area (Å²) < 4.78 is 1.61. The molecule has 3 heterocycles. The average Bonchev–Trinajstić information content (AvgIpc) is 2.79. The molecule has 106 valence electrons. The number of likely N-dealkylation sites (tertiary alicyclic amines) is 1. The summed E-state index contributed by atoms with van der Waals surface area (Å²) >= 11 is 0. The predicted molar refractivity (Wildman–Crippen MR) is 76.3 cm³/mol. The van der Waals surface area contributed by atoms with E-state index in [1.807, 2.05) is 12.1 Å². The standard InChI is InChI=1S/C14H18N4O2/c1-17-8-5-10(6-9-17)15-13-12(14(19)20)18-7-3-2-4-11(18)16-13/h2-4,7,10,15H,5-6,8-9H2,1H3,(H,19,20). The first-order valence-corrected chi connectivity index (χ1v) is 6.80. The van der Waals surface area contributed by atoms with E-state index in [4.69, 9.17) is 0 Å². The number of carboxylic acids is 1. The van der Waals surface area contributed by atoms with E-state index in [0.29, 0.717) is 11.5 Å². The highest BCUT2D eigenvalue weighted by Gasteiger charge is 2.22. The molecular formula is C14H18N4O2. The number of fused-ring (bicyclic) bond motifs is 1. The number of carbonyl (C=O) groups is 1. The molecule has 1 aliphatic heterocycles. The third-order valence-electron chi connectivity index (χ3n) is 3.79. The fraction of sp³-hybridized carbons (Fsp3) is 0.429. The van der Waals surface area contributed by atoms with Crippen LogP contribution in [-0.4, -0.2) is 51.5 Å². The number of imidazole rings is 1. The van der Waals surface area contributed by atoms with Gasteiger partial charge in [-0.15, -0.1) is 0 Å². The molecule has 0 amide bonds. The van der Waals surface area contributed by atoms with Crippen LogP contribution in [0.15, 0.2) is 24.4 Å². The monoisotopic (exact) mass is 274 g/mol. The lowest BCUT2D eigenvalue weighted by Crippen LogP contribution is -2.37. The number of carboxylic acid groups (broad SMARTS) is 1. The van der Waals surface area contributed by atoms with Gasteiger partial charge in [-0.05, 0) is 45.1 Å². The summed E-state index contributed by atoms with van der Waals surface area (Å²) in [4.78, 5) is 18.2. The second-order valence-electron chi connectivity index (χ2n) is 5.26. The number of nitrogens with zero attached hydrogens (tertiary/aromatic N) is 3. The Kier molecular flexibility index (Phi) is 3.31. The van der Waals surface area contributed by atoms with E-state index in [0.717, 1.165) is 25.9 Å². The molecule has 2 aromatic heterocycles. The van der Waals surface area contributed by atoms with Crippen LogP contribution in [0.25, 0.3) is 5.65 Å². The first kappa shape index (κ1) is 12.9. The minimum atomic E-state index is -0.959. The van der Waals surface area contributed by atoms with Gasteiger partial charge in [-0.1, -0.05) is 6.07 Å². The van der Waals surface area contributed by atoms with Crippen molar-refractivity contribution >= 4 is 17.4 Å². The summed E-state index contributed by atoms with van der Waals surface area (Å²) in [6.07, 6.45) is 3.73. The minimum Gasteiger partial charge on any atom is -0.476 e. The normalized spacial score (nSPS) is 17.4. The van der Waals surface area contributed by atoms with Gasteiger partial charge in [0.2, 0.25) is 0 Å². The molecule has 0 spiro atoms. The Balaban J connectivity index is 1.90.